The van der Waals surface area contributed by atoms with Gasteiger partial charge < -0.3 is 15.6 Å². The predicted octanol–water partition coefficient (Wildman–Crippen LogP) is 3.46. The van der Waals surface area contributed by atoms with Crippen molar-refractivity contribution in [3.8, 4) is 0 Å². The lowest BCUT2D eigenvalue weighted by Gasteiger charge is -2.64. The standard InChI is InChI=1S/C25H39B2NO2/c1-13-14(2)24(7,27)12-22(5)19-16(11-28)8-21(4)15(3)23(6,26)10-18(21)17(19)9-25(29,30)20(13)22/h11,16-19,28-30H,2-3,8-10,12,26-27H2,1,4-7H3. The summed E-state index contributed by atoms with van der Waals surface area (Å²) < 4.78 is 0. The van der Waals surface area contributed by atoms with Crippen molar-refractivity contribution in [2.45, 2.75) is 76.7 Å². The molecule has 4 rings (SSSR count). The molecule has 0 spiro atoms. The molecule has 162 valence electrons. The van der Waals surface area contributed by atoms with Gasteiger partial charge in [-0.3, -0.25) is 0 Å². The van der Waals surface area contributed by atoms with Crippen LogP contribution in [0.25, 0.3) is 0 Å². The van der Waals surface area contributed by atoms with Gasteiger partial charge in [-0.1, -0.05) is 52.0 Å². The number of aliphatic hydroxyl groups is 2. The van der Waals surface area contributed by atoms with E-state index >= 15 is 0 Å². The number of hydrogen-bond donors (Lipinski definition) is 3. The third kappa shape index (κ3) is 2.57. The highest BCUT2D eigenvalue weighted by Gasteiger charge is 2.68. The Hall–Kier alpha value is -1.06. The molecule has 3 fully saturated rings. The molecule has 3 nitrogen and oxygen atoms in total. The Labute approximate surface area is 184 Å². The van der Waals surface area contributed by atoms with Crippen molar-refractivity contribution in [1.29, 1.82) is 5.41 Å². The quantitative estimate of drug-likeness (QED) is 0.270. The van der Waals surface area contributed by atoms with Crippen molar-refractivity contribution in [2.75, 3.05) is 0 Å². The van der Waals surface area contributed by atoms with Crippen molar-refractivity contribution in [1.82, 2.24) is 0 Å². The van der Waals surface area contributed by atoms with Gasteiger partial charge in [0.1, 0.15) is 15.7 Å². The molecular formula is C25H39B2NO2. The Kier molecular flexibility index (Phi) is 4.46. The van der Waals surface area contributed by atoms with E-state index in [9.17, 15) is 10.2 Å². The van der Waals surface area contributed by atoms with Crippen molar-refractivity contribution < 1.29 is 10.2 Å². The summed E-state index contributed by atoms with van der Waals surface area (Å²) in [5.74, 6) is -0.940. The molecule has 5 heteroatoms. The zero-order valence-electron chi connectivity index (χ0n) is 20.0. The fourth-order valence-electron chi connectivity index (χ4n) is 9.03. The van der Waals surface area contributed by atoms with Crippen LogP contribution in [0.2, 0.25) is 10.6 Å². The molecule has 3 N–H and O–H groups in total. The van der Waals surface area contributed by atoms with E-state index in [1.807, 2.05) is 6.92 Å². The summed E-state index contributed by atoms with van der Waals surface area (Å²) in [6.45, 7) is 20.0. The zero-order chi connectivity index (χ0) is 22.7. The lowest BCUT2D eigenvalue weighted by Crippen LogP contribution is -2.61. The largest absolute Gasteiger partial charge is 0.362 e. The van der Waals surface area contributed by atoms with Crippen LogP contribution in [0.1, 0.15) is 60.3 Å². The molecule has 0 aromatic rings. The van der Waals surface area contributed by atoms with Crippen molar-refractivity contribution in [3.63, 3.8) is 0 Å². The Morgan fingerprint density at radius 2 is 1.60 bits per heavy atom. The van der Waals surface area contributed by atoms with Gasteiger partial charge in [0.15, 0.2) is 5.79 Å². The molecule has 8 unspecified atom stereocenters. The average molecular weight is 407 g/mol. The van der Waals surface area contributed by atoms with Gasteiger partial charge in [0.25, 0.3) is 0 Å². The third-order valence-electron chi connectivity index (χ3n) is 10.0. The lowest BCUT2D eigenvalue weighted by atomic mass is 9.39. The maximum atomic E-state index is 11.5. The number of rotatable bonds is 1. The smallest absolute Gasteiger partial charge is 0.187 e. The van der Waals surface area contributed by atoms with Gasteiger partial charge in [0.2, 0.25) is 0 Å². The van der Waals surface area contributed by atoms with Crippen LogP contribution in [-0.4, -0.2) is 37.9 Å². The van der Waals surface area contributed by atoms with Crippen molar-refractivity contribution in [2.24, 2.45) is 34.5 Å². The number of allylic oxidation sites excluding steroid dienone is 3. The first-order valence-corrected chi connectivity index (χ1v) is 11.6. The van der Waals surface area contributed by atoms with Gasteiger partial charge in [-0.25, -0.2) is 0 Å². The highest BCUT2D eigenvalue weighted by molar-refractivity contribution is 6.18. The zero-order valence-corrected chi connectivity index (χ0v) is 20.0. The summed E-state index contributed by atoms with van der Waals surface area (Å²) in [6, 6.07) is 0. The summed E-state index contributed by atoms with van der Waals surface area (Å²) in [6.07, 6.45) is 4.83. The topological polar surface area (TPSA) is 64.3 Å². The molecule has 0 aromatic heterocycles. The molecule has 0 bridgehead atoms. The highest BCUT2D eigenvalue weighted by Crippen LogP contribution is 2.74. The van der Waals surface area contributed by atoms with Crippen LogP contribution in [0.5, 0.6) is 0 Å². The Morgan fingerprint density at radius 1 is 1.00 bits per heavy atom. The first kappa shape index (κ1) is 22.1. The molecular weight excluding hydrogens is 368 g/mol. The number of fused-ring (bicyclic) bond motifs is 5. The average Bonchev–Trinajstić information content (AvgIpc) is 2.77. The maximum absolute atomic E-state index is 11.5. The molecule has 4 aliphatic rings. The molecule has 30 heavy (non-hydrogen) atoms. The highest BCUT2D eigenvalue weighted by atomic mass is 16.5. The molecule has 4 aliphatic carbocycles. The molecule has 0 saturated heterocycles. The summed E-state index contributed by atoms with van der Waals surface area (Å²) >= 11 is 0. The molecule has 8 atom stereocenters. The molecule has 0 heterocycles. The first-order valence-electron chi connectivity index (χ1n) is 11.6. The molecule has 0 aliphatic heterocycles. The van der Waals surface area contributed by atoms with E-state index in [1.165, 1.54) is 5.57 Å². The van der Waals surface area contributed by atoms with E-state index in [0.717, 1.165) is 36.0 Å². The van der Waals surface area contributed by atoms with Crippen LogP contribution in [0.4, 0.5) is 0 Å². The van der Waals surface area contributed by atoms with Gasteiger partial charge in [0.05, 0.1) is 0 Å². The Balaban J connectivity index is 1.94. The maximum Gasteiger partial charge on any atom is 0.187 e. The normalized spacial score (nSPS) is 52.5. The first-order chi connectivity index (χ1) is 13.5. The second kappa shape index (κ2) is 6.04. The molecule has 0 aromatic carbocycles. The Morgan fingerprint density at radius 3 is 2.17 bits per heavy atom. The van der Waals surface area contributed by atoms with Crippen LogP contribution >= 0.6 is 0 Å². The van der Waals surface area contributed by atoms with Crippen LogP contribution in [-0.2, 0) is 0 Å². The summed E-state index contributed by atoms with van der Waals surface area (Å²) in [7, 11) is 4.51. The lowest BCUT2D eigenvalue weighted by molar-refractivity contribution is -0.209. The number of nitrogens with one attached hydrogen (secondary N) is 1. The van der Waals surface area contributed by atoms with Crippen LogP contribution in [0.15, 0.2) is 35.5 Å². The van der Waals surface area contributed by atoms with E-state index in [4.69, 9.17) is 5.41 Å². The summed E-state index contributed by atoms with van der Waals surface area (Å²) in [5, 5.41) is 31.3. The van der Waals surface area contributed by atoms with Gasteiger partial charge in [0, 0.05) is 6.42 Å². The fraction of sp³-hybridized carbons (Fsp3) is 0.720. The SMILES string of the molecule is BC1(C)CC2(C)C(=C(C)C1=C)C(O)(O)CC1C3CC(B)(C)C(=C)C3(C)CC(C=N)C12. The van der Waals surface area contributed by atoms with E-state index in [-0.39, 0.29) is 39.2 Å². The van der Waals surface area contributed by atoms with Crippen LogP contribution in [0.3, 0.4) is 0 Å². The summed E-state index contributed by atoms with van der Waals surface area (Å²) in [5.41, 5.74) is 3.62. The minimum atomic E-state index is -1.82. The van der Waals surface area contributed by atoms with Crippen molar-refractivity contribution in [3.05, 3.63) is 35.5 Å². The van der Waals surface area contributed by atoms with Crippen LogP contribution < -0.4 is 0 Å². The molecule has 0 radical (unpaired) electrons. The van der Waals surface area contributed by atoms with Gasteiger partial charge in [-0.05, 0) is 88.7 Å². The second-order valence-corrected chi connectivity index (χ2v) is 12.8. The van der Waals surface area contributed by atoms with Gasteiger partial charge >= 0.3 is 0 Å². The fourth-order valence-corrected chi connectivity index (χ4v) is 9.03. The van der Waals surface area contributed by atoms with E-state index in [0.29, 0.717) is 12.3 Å². The third-order valence-corrected chi connectivity index (χ3v) is 10.0. The minimum absolute atomic E-state index is 0.0432. The van der Waals surface area contributed by atoms with Gasteiger partial charge in [-0.2, -0.15) is 0 Å². The number of hydrogen-bond acceptors (Lipinski definition) is 3. The van der Waals surface area contributed by atoms with E-state index in [1.54, 1.807) is 6.21 Å². The summed E-state index contributed by atoms with van der Waals surface area (Å²) in [4.78, 5) is 0. The monoisotopic (exact) mass is 407 g/mol. The molecule has 3 saturated carbocycles. The predicted molar refractivity (Wildman–Crippen MR) is 129 cm³/mol. The Bertz CT molecular complexity index is 886. The van der Waals surface area contributed by atoms with Crippen LogP contribution in [0, 0.1) is 39.9 Å². The second-order valence-electron chi connectivity index (χ2n) is 12.8. The molecule has 0 amide bonds. The van der Waals surface area contributed by atoms with Crippen molar-refractivity contribution >= 4 is 21.9 Å². The van der Waals surface area contributed by atoms with Gasteiger partial charge in [-0.15, -0.1) is 0 Å². The van der Waals surface area contributed by atoms with E-state index in [2.05, 4.69) is 56.5 Å². The minimum Gasteiger partial charge on any atom is -0.362 e. The van der Waals surface area contributed by atoms with E-state index < -0.39 is 5.79 Å².